The van der Waals surface area contributed by atoms with Crippen molar-refractivity contribution in [2.75, 3.05) is 16.4 Å². The Kier molecular flexibility index (Phi) is 8.04. The maximum absolute atomic E-state index is 13.9. The van der Waals surface area contributed by atoms with E-state index < -0.39 is 56.5 Å². The summed E-state index contributed by atoms with van der Waals surface area (Å²) in [4.78, 5) is 31.4. The number of anilines is 1. The van der Waals surface area contributed by atoms with Crippen molar-refractivity contribution in [3.63, 3.8) is 0 Å². The van der Waals surface area contributed by atoms with Gasteiger partial charge in [-0.1, -0.05) is 54.2 Å². The molecular formula is C26H28F3N3O5S2. The molecule has 0 aliphatic carbocycles. The number of alkyl halides is 3. The summed E-state index contributed by atoms with van der Waals surface area (Å²) in [6, 6.07) is 11.6. The van der Waals surface area contributed by atoms with Gasteiger partial charge in [0.2, 0.25) is 0 Å². The molecule has 2 saturated heterocycles. The number of hydrogen-bond donors (Lipinski definition) is 1. The van der Waals surface area contributed by atoms with Gasteiger partial charge in [-0.25, -0.2) is 13.2 Å². The third kappa shape index (κ3) is 7.13. The van der Waals surface area contributed by atoms with Crippen LogP contribution in [0.3, 0.4) is 0 Å². The first-order chi connectivity index (χ1) is 18.1. The van der Waals surface area contributed by atoms with Gasteiger partial charge in [0, 0.05) is 11.7 Å². The highest BCUT2D eigenvalue weighted by molar-refractivity contribution is 8.16. The van der Waals surface area contributed by atoms with Gasteiger partial charge < -0.3 is 15.0 Å². The SMILES string of the molecule is CC(C)(C)OC(=O)N[C@H](Cc1ccccc1)C(=O)N=C1S[C@@H]2CS(=O)(=O)C[C@@H]2N1c1ccccc1C(F)(F)F. The molecule has 3 atom stereocenters. The van der Waals surface area contributed by atoms with E-state index in [9.17, 15) is 31.2 Å². The number of thioether (sulfide) groups is 1. The van der Waals surface area contributed by atoms with Crippen LogP contribution in [-0.4, -0.2) is 60.0 Å². The summed E-state index contributed by atoms with van der Waals surface area (Å²) in [5.74, 6) is -1.41. The Morgan fingerprint density at radius 2 is 1.72 bits per heavy atom. The van der Waals surface area contributed by atoms with Crippen LogP contribution >= 0.6 is 11.8 Å². The van der Waals surface area contributed by atoms with E-state index in [1.807, 2.05) is 0 Å². The van der Waals surface area contributed by atoms with E-state index in [0.717, 1.165) is 17.8 Å². The third-order valence-electron chi connectivity index (χ3n) is 6.01. The number of amides is 2. The molecule has 2 aromatic rings. The summed E-state index contributed by atoms with van der Waals surface area (Å²) in [7, 11) is -3.49. The first-order valence-corrected chi connectivity index (χ1v) is 14.8. The van der Waals surface area contributed by atoms with E-state index in [0.29, 0.717) is 5.56 Å². The number of para-hydroxylation sites is 1. The van der Waals surface area contributed by atoms with Crippen LogP contribution in [0.4, 0.5) is 23.7 Å². The van der Waals surface area contributed by atoms with Crippen molar-refractivity contribution in [3.8, 4) is 0 Å². The van der Waals surface area contributed by atoms with Crippen molar-refractivity contribution in [2.24, 2.45) is 4.99 Å². The summed E-state index contributed by atoms with van der Waals surface area (Å²) in [6.45, 7) is 5.00. The zero-order valence-electron chi connectivity index (χ0n) is 21.4. The van der Waals surface area contributed by atoms with E-state index in [1.165, 1.54) is 23.1 Å². The normalized spacial score (nSPS) is 22.4. The van der Waals surface area contributed by atoms with E-state index in [4.69, 9.17) is 4.74 Å². The van der Waals surface area contributed by atoms with E-state index in [1.54, 1.807) is 51.1 Å². The molecule has 8 nitrogen and oxygen atoms in total. The number of alkyl carbamates (subject to hydrolysis) is 1. The maximum Gasteiger partial charge on any atom is 0.418 e. The van der Waals surface area contributed by atoms with Gasteiger partial charge in [0.15, 0.2) is 15.0 Å². The summed E-state index contributed by atoms with van der Waals surface area (Å²) >= 11 is 0.951. The van der Waals surface area contributed by atoms with Crippen LogP contribution in [0.5, 0.6) is 0 Å². The Balaban J connectivity index is 1.72. The highest BCUT2D eigenvalue weighted by Gasteiger charge is 2.51. The Morgan fingerprint density at radius 1 is 1.08 bits per heavy atom. The summed E-state index contributed by atoms with van der Waals surface area (Å²) in [5, 5.41) is 1.88. The fourth-order valence-corrected chi connectivity index (χ4v) is 8.35. The van der Waals surface area contributed by atoms with Crippen molar-refractivity contribution in [1.82, 2.24) is 5.32 Å². The molecule has 0 spiro atoms. The second-order valence-corrected chi connectivity index (χ2v) is 13.7. The molecule has 2 amide bonds. The number of rotatable bonds is 5. The summed E-state index contributed by atoms with van der Waals surface area (Å²) in [5.41, 5.74) is -1.37. The van der Waals surface area contributed by atoms with Gasteiger partial charge in [-0.15, -0.1) is 0 Å². The number of carbonyl (C=O) groups excluding carboxylic acids is 2. The molecule has 1 N–H and O–H groups in total. The largest absolute Gasteiger partial charge is 0.444 e. The zero-order valence-corrected chi connectivity index (χ0v) is 23.1. The maximum atomic E-state index is 13.9. The fraction of sp³-hybridized carbons (Fsp3) is 0.423. The molecule has 2 aliphatic heterocycles. The molecule has 0 radical (unpaired) electrons. The number of aliphatic imine (C=N–C) groups is 1. The topological polar surface area (TPSA) is 105 Å². The molecule has 2 aromatic carbocycles. The zero-order chi connectivity index (χ0) is 28.6. The molecule has 2 heterocycles. The molecule has 2 aliphatic rings. The molecule has 0 aromatic heterocycles. The molecule has 210 valence electrons. The van der Waals surface area contributed by atoms with Gasteiger partial charge in [-0.3, -0.25) is 4.79 Å². The minimum Gasteiger partial charge on any atom is -0.444 e. The van der Waals surface area contributed by atoms with Crippen molar-refractivity contribution in [3.05, 3.63) is 65.7 Å². The average Bonchev–Trinajstić information content (AvgIpc) is 3.28. The van der Waals surface area contributed by atoms with Gasteiger partial charge in [0.1, 0.15) is 11.6 Å². The van der Waals surface area contributed by atoms with Crippen LogP contribution in [0.2, 0.25) is 0 Å². The number of halogens is 3. The molecule has 0 bridgehead atoms. The number of hydrogen-bond acceptors (Lipinski definition) is 6. The van der Waals surface area contributed by atoms with Crippen LogP contribution < -0.4 is 10.2 Å². The minimum atomic E-state index is -4.72. The number of carbonyl (C=O) groups is 2. The van der Waals surface area contributed by atoms with Crippen LogP contribution in [0.1, 0.15) is 31.9 Å². The quantitative estimate of drug-likeness (QED) is 0.555. The molecule has 13 heteroatoms. The van der Waals surface area contributed by atoms with Crippen molar-refractivity contribution in [1.29, 1.82) is 0 Å². The summed E-state index contributed by atoms with van der Waals surface area (Å²) < 4.78 is 71.7. The molecular weight excluding hydrogens is 555 g/mol. The van der Waals surface area contributed by atoms with Crippen molar-refractivity contribution in [2.45, 2.75) is 56.3 Å². The van der Waals surface area contributed by atoms with Gasteiger partial charge >= 0.3 is 12.3 Å². The predicted molar refractivity (Wildman–Crippen MR) is 143 cm³/mol. The van der Waals surface area contributed by atoms with Gasteiger partial charge in [-0.2, -0.15) is 18.2 Å². The minimum absolute atomic E-state index is 0.0503. The Bertz CT molecular complexity index is 1380. The Hall–Kier alpha value is -3.06. The van der Waals surface area contributed by atoms with Crippen molar-refractivity contribution >= 4 is 44.5 Å². The average molecular weight is 584 g/mol. The standard InChI is InChI=1S/C26H28F3N3O5S2/c1-25(2,3)37-24(34)30-18(13-16-9-5-4-6-10-16)22(33)31-23-32(20-14-39(35,36)15-21(20)38-23)19-12-8-7-11-17(19)26(27,28)29/h4-12,18,20-21H,13-15H2,1-3H3,(H,30,34)/t18-,20+,21-/m1/s1. The Morgan fingerprint density at radius 3 is 2.36 bits per heavy atom. The highest BCUT2D eigenvalue weighted by atomic mass is 32.2. The third-order valence-corrected chi connectivity index (χ3v) is 9.22. The molecule has 0 saturated carbocycles. The van der Waals surface area contributed by atoms with E-state index in [-0.39, 0.29) is 28.8 Å². The highest BCUT2D eigenvalue weighted by Crippen LogP contribution is 2.45. The van der Waals surface area contributed by atoms with Gasteiger partial charge in [0.25, 0.3) is 5.91 Å². The summed E-state index contributed by atoms with van der Waals surface area (Å²) in [6.07, 6.45) is -5.51. The lowest BCUT2D eigenvalue weighted by atomic mass is 10.1. The first-order valence-electron chi connectivity index (χ1n) is 12.1. The number of fused-ring (bicyclic) bond motifs is 1. The lowest BCUT2D eigenvalue weighted by Crippen LogP contribution is -2.45. The second-order valence-electron chi connectivity index (χ2n) is 10.3. The molecule has 0 unspecified atom stereocenters. The van der Waals surface area contributed by atoms with E-state index >= 15 is 0 Å². The number of ether oxygens (including phenoxy) is 1. The number of sulfone groups is 1. The number of nitrogens with one attached hydrogen (secondary N) is 1. The van der Waals surface area contributed by atoms with Crippen LogP contribution in [0.15, 0.2) is 59.6 Å². The fourth-order valence-electron chi connectivity index (χ4n) is 4.44. The van der Waals surface area contributed by atoms with Gasteiger partial charge in [-0.05, 0) is 38.5 Å². The first kappa shape index (κ1) is 28.9. The lowest BCUT2D eigenvalue weighted by Gasteiger charge is -2.28. The molecule has 4 rings (SSSR count). The van der Waals surface area contributed by atoms with Crippen LogP contribution in [-0.2, 0) is 32.0 Å². The Labute approximate surface area is 228 Å². The van der Waals surface area contributed by atoms with Gasteiger partial charge in [0.05, 0.1) is 28.8 Å². The lowest BCUT2D eigenvalue weighted by molar-refractivity contribution is -0.137. The second kappa shape index (κ2) is 10.8. The molecule has 2 fully saturated rings. The van der Waals surface area contributed by atoms with Crippen LogP contribution in [0, 0.1) is 0 Å². The number of benzene rings is 2. The van der Waals surface area contributed by atoms with E-state index in [2.05, 4.69) is 10.3 Å². The smallest absolute Gasteiger partial charge is 0.418 e. The van der Waals surface area contributed by atoms with Crippen LogP contribution in [0.25, 0.3) is 0 Å². The number of amidine groups is 1. The molecule has 39 heavy (non-hydrogen) atoms. The number of nitrogens with zero attached hydrogens (tertiary/aromatic N) is 2. The predicted octanol–water partition coefficient (Wildman–Crippen LogP) is 4.44. The van der Waals surface area contributed by atoms with Crippen molar-refractivity contribution < 1.29 is 35.9 Å². The monoisotopic (exact) mass is 583 g/mol.